The third kappa shape index (κ3) is 2.85. The fourth-order valence-electron chi connectivity index (χ4n) is 1.94. The van der Waals surface area contributed by atoms with Crippen LogP contribution in [0.4, 0.5) is 5.69 Å². The summed E-state index contributed by atoms with van der Waals surface area (Å²) in [6, 6.07) is 7.67. The van der Waals surface area contributed by atoms with Gasteiger partial charge in [0.1, 0.15) is 0 Å². The quantitative estimate of drug-likeness (QED) is 0.627. The minimum atomic E-state index is 0.710. The standard InChI is InChI=1S/C13H19N5/c1-2-3-4-7-10-18-13(15-16-17-18)11-8-5-6-9-12(11)14/h5-6,8-9H,2-4,7,10,14H2,1H3. The van der Waals surface area contributed by atoms with Crippen molar-refractivity contribution in [3.63, 3.8) is 0 Å². The summed E-state index contributed by atoms with van der Waals surface area (Å²) in [7, 11) is 0. The average Bonchev–Trinajstić information content (AvgIpc) is 2.83. The van der Waals surface area contributed by atoms with Crippen LogP contribution < -0.4 is 5.73 Å². The number of hydrogen-bond acceptors (Lipinski definition) is 4. The Morgan fingerprint density at radius 3 is 2.78 bits per heavy atom. The molecule has 96 valence electrons. The van der Waals surface area contributed by atoms with E-state index < -0.39 is 0 Å². The van der Waals surface area contributed by atoms with E-state index in [1.54, 1.807) is 0 Å². The number of tetrazole rings is 1. The van der Waals surface area contributed by atoms with Gasteiger partial charge in [0.15, 0.2) is 5.82 Å². The summed E-state index contributed by atoms with van der Waals surface area (Å²) in [4.78, 5) is 0. The Kier molecular flexibility index (Phi) is 4.28. The molecule has 0 unspecified atom stereocenters. The van der Waals surface area contributed by atoms with E-state index in [4.69, 9.17) is 5.73 Å². The maximum Gasteiger partial charge on any atom is 0.184 e. The van der Waals surface area contributed by atoms with Crippen LogP contribution in [0.25, 0.3) is 11.4 Å². The monoisotopic (exact) mass is 245 g/mol. The summed E-state index contributed by atoms with van der Waals surface area (Å²) < 4.78 is 1.83. The first-order valence-corrected chi connectivity index (χ1v) is 6.44. The summed E-state index contributed by atoms with van der Waals surface area (Å²) in [5, 5.41) is 11.8. The molecule has 0 atom stereocenters. The first kappa shape index (κ1) is 12.5. The van der Waals surface area contributed by atoms with E-state index in [-0.39, 0.29) is 0 Å². The van der Waals surface area contributed by atoms with Crippen LogP contribution in [-0.2, 0) is 6.54 Å². The zero-order chi connectivity index (χ0) is 12.8. The van der Waals surface area contributed by atoms with E-state index in [0.29, 0.717) is 5.69 Å². The Balaban J connectivity index is 2.10. The van der Waals surface area contributed by atoms with Gasteiger partial charge in [0.05, 0.1) is 0 Å². The zero-order valence-electron chi connectivity index (χ0n) is 10.7. The first-order chi connectivity index (χ1) is 8.83. The Labute approximate surface area is 107 Å². The van der Waals surface area contributed by atoms with Gasteiger partial charge in [-0.2, -0.15) is 0 Å². The molecule has 0 amide bonds. The Bertz CT molecular complexity index is 492. The van der Waals surface area contributed by atoms with E-state index in [1.165, 1.54) is 19.3 Å². The fraction of sp³-hybridized carbons (Fsp3) is 0.462. The molecule has 1 aromatic carbocycles. The number of benzene rings is 1. The Hall–Kier alpha value is -1.91. The summed E-state index contributed by atoms with van der Waals surface area (Å²) >= 11 is 0. The molecule has 5 nitrogen and oxygen atoms in total. The lowest BCUT2D eigenvalue weighted by Crippen LogP contribution is -2.04. The highest BCUT2D eigenvalue weighted by molar-refractivity contribution is 5.70. The number of hydrogen-bond donors (Lipinski definition) is 1. The van der Waals surface area contributed by atoms with Gasteiger partial charge >= 0.3 is 0 Å². The number of unbranched alkanes of at least 4 members (excludes halogenated alkanes) is 3. The molecule has 0 spiro atoms. The van der Waals surface area contributed by atoms with E-state index in [2.05, 4.69) is 22.4 Å². The smallest absolute Gasteiger partial charge is 0.184 e. The van der Waals surface area contributed by atoms with Crippen molar-refractivity contribution in [2.75, 3.05) is 5.73 Å². The fourth-order valence-corrected chi connectivity index (χ4v) is 1.94. The summed E-state index contributed by atoms with van der Waals surface area (Å²) in [5.74, 6) is 0.754. The number of para-hydroxylation sites is 1. The van der Waals surface area contributed by atoms with Crippen LogP contribution in [0.1, 0.15) is 32.6 Å². The van der Waals surface area contributed by atoms with E-state index in [1.807, 2.05) is 28.9 Å². The molecule has 2 N–H and O–H groups in total. The van der Waals surface area contributed by atoms with Gasteiger partial charge in [-0.15, -0.1) is 5.10 Å². The molecule has 5 heteroatoms. The molecule has 0 aliphatic heterocycles. The van der Waals surface area contributed by atoms with Gasteiger partial charge in [0, 0.05) is 17.8 Å². The molecule has 0 aliphatic rings. The summed E-state index contributed by atoms with van der Waals surface area (Å²) in [6.45, 7) is 3.05. The Morgan fingerprint density at radius 2 is 2.00 bits per heavy atom. The molecular formula is C13H19N5. The van der Waals surface area contributed by atoms with Crippen LogP contribution in [0.3, 0.4) is 0 Å². The highest BCUT2D eigenvalue weighted by Crippen LogP contribution is 2.22. The molecule has 2 aromatic rings. The van der Waals surface area contributed by atoms with Crippen molar-refractivity contribution in [2.45, 2.75) is 39.2 Å². The number of nitrogens with zero attached hydrogens (tertiary/aromatic N) is 4. The molecule has 0 radical (unpaired) electrons. The minimum absolute atomic E-state index is 0.710. The van der Waals surface area contributed by atoms with Crippen molar-refractivity contribution in [1.82, 2.24) is 20.2 Å². The van der Waals surface area contributed by atoms with Crippen LogP contribution in [-0.4, -0.2) is 20.2 Å². The number of rotatable bonds is 6. The van der Waals surface area contributed by atoms with Crippen molar-refractivity contribution in [2.24, 2.45) is 0 Å². The lowest BCUT2D eigenvalue weighted by molar-refractivity contribution is 0.531. The lowest BCUT2D eigenvalue weighted by atomic mass is 10.1. The van der Waals surface area contributed by atoms with Crippen LogP contribution >= 0.6 is 0 Å². The van der Waals surface area contributed by atoms with Gasteiger partial charge < -0.3 is 5.73 Å². The average molecular weight is 245 g/mol. The molecule has 1 heterocycles. The predicted molar refractivity (Wildman–Crippen MR) is 71.8 cm³/mol. The van der Waals surface area contributed by atoms with Gasteiger partial charge in [-0.1, -0.05) is 38.3 Å². The second kappa shape index (κ2) is 6.14. The summed E-state index contributed by atoms with van der Waals surface area (Å²) in [5.41, 5.74) is 7.56. The zero-order valence-corrected chi connectivity index (χ0v) is 10.7. The molecule has 18 heavy (non-hydrogen) atoms. The first-order valence-electron chi connectivity index (χ1n) is 6.44. The van der Waals surface area contributed by atoms with Gasteiger partial charge in [0.25, 0.3) is 0 Å². The molecule has 0 fully saturated rings. The van der Waals surface area contributed by atoms with Crippen molar-refractivity contribution in [1.29, 1.82) is 0 Å². The topological polar surface area (TPSA) is 69.6 Å². The number of anilines is 1. The maximum absolute atomic E-state index is 5.95. The number of nitrogen functional groups attached to an aromatic ring is 1. The minimum Gasteiger partial charge on any atom is -0.398 e. The highest BCUT2D eigenvalue weighted by atomic mass is 15.5. The number of nitrogens with two attached hydrogens (primary N) is 1. The van der Waals surface area contributed by atoms with Gasteiger partial charge in [-0.05, 0) is 29.0 Å². The lowest BCUT2D eigenvalue weighted by Gasteiger charge is -2.06. The third-order valence-electron chi connectivity index (χ3n) is 2.96. The van der Waals surface area contributed by atoms with Crippen molar-refractivity contribution >= 4 is 5.69 Å². The number of aromatic nitrogens is 4. The van der Waals surface area contributed by atoms with Gasteiger partial charge in [-0.25, -0.2) is 4.68 Å². The van der Waals surface area contributed by atoms with Crippen molar-refractivity contribution < 1.29 is 0 Å². The van der Waals surface area contributed by atoms with E-state index >= 15 is 0 Å². The Morgan fingerprint density at radius 1 is 1.17 bits per heavy atom. The second-order valence-electron chi connectivity index (χ2n) is 4.37. The molecule has 2 rings (SSSR count). The van der Waals surface area contributed by atoms with Crippen molar-refractivity contribution in [3.8, 4) is 11.4 Å². The molecule has 0 bridgehead atoms. The van der Waals surface area contributed by atoms with Crippen molar-refractivity contribution in [3.05, 3.63) is 24.3 Å². The third-order valence-corrected chi connectivity index (χ3v) is 2.96. The van der Waals surface area contributed by atoms with E-state index in [0.717, 1.165) is 24.4 Å². The van der Waals surface area contributed by atoms with Gasteiger partial charge in [0.2, 0.25) is 0 Å². The molecule has 0 saturated heterocycles. The molecule has 0 saturated carbocycles. The highest BCUT2D eigenvalue weighted by Gasteiger charge is 2.10. The largest absolute Gasteiger partial charge is 0.398 e. The molecular weight excluding hydrogens is 226 g/mol. The molecule has 1 aromatic heterocycles. The van der Waals surface area contributed by atoms with Gasteiger partial charge in [-0.3, -0.25) is 0 Å². The maximum atomic E-state index is 5.95. The van der Waals surface area contributed by atoms with Crippen LogP contribution in [0.2, 0.25) is 0 Å². The van der Waals surface area contributed by atoms with E-state index in [9.17, 15) is 0 Å². The normalized spacial score (nSPS) is 10.7. The predicted octanol–water partition coefficient (Wildman–Crippen LogP) is 2.50. The summed E-state index contributed by atoms with van der Waals surface area (Å²) in [6.07, 6.45) is 4.79. The number of aryl methyl sites for hydroxylation is 1. The SMILES string of the molecule is CCCCCCn1nnnc1-c1ccccc1N. The molecule has 0 aliphatic carbocycles. The van der Waals surface area contributed by atoms with Crippen LogP contribution in [0.15, 0.2) is 24.3 Å². The van der Waals surface area contributed by atoms with Crippen LogP contribution in [0.5, 0.6) is 0 Å². The second-order valence-corrected chi connectivity index (χ2v) is 4.37. The van der Waals surface area contributed by atoms with Crippen LogP contribution in [0, 0.1) is 0 Å².